The molecule has 0 radical (unpaired) electrons. The first-order valence-corrected chi connectivity index (χ1v) is 5.32. The fourth-order valence-corrected chi connectivity index (χ4v) is 2.19. The quantitative estimate of drug-likeness (QED) is 0.361. The Bertz CT molecular complexity index is 167. The lowest BCUT2D eigenvalue weighted by atomic mass is 9.82. The van der Waals surface area contributed by atoms with Gasteiger partial charge >= 0.3 is 0 Å². The Balaban J connectivity index is 2.27. The van der Waals surface area contributed by atoms with E-state index in [0.29, 0.717) is 5.92 Å². The Hall–Kier alpha value is -0.660. The van der Waals surface area contributed by atoms with Crippen molar-refractivity contribution < 1.29 is 0 Å². The highest BCUT2D eigenvalue weighted by Gasteiger charge is 2.24. The fraction of sp³-hybridized carbons (Fsp3) is 0.818. The third kappa shape index (κ3) is 3.29. The molecule has 0 bridgehead atoms. The summed E-state index contributed by atoms with van der Waals surface area (Å²) in [6.07, 6.45) is 10.0. The maximum Gasteiger partial charge on any atom is 0.0947 e. The van der Waals surface area contributed by atoms with Crippen LogP contribution in [0.1, 0.15) is 44.9 Å². The number of allylic oxidation sites excluding steroid dienone is 1. The summed E-state index contributed by atoms with van der Waals surface area (Å²) in [4.78, 5) is 10.5. The van der Waals surface area contributed by atoms with Crippen molar-refractivity contribution in [2.75, 3.05) is 0 Å². The van der Waals surface area contributed by atoms with Gasteiger partial charge < -0.3 is 0 Å². The molecule has 0 saturated heterocycles. The van der Waals surface area contributed by atoms with Gasteiger partial charge in [0.05, 0.1) is 6.04 Å². The fourth-order valence-electron chi connectivity index (χ4n) is 2.19. The zero-order valence-electron chi connectivity index (χ0n) is 8.24. The Labute approximate surface area is 80.4 Å². The van der Waals surface area contributed by atoms with Crippen LogP contribution in [0.5, 0.6) is 0 Å². The van der Waals surface area contributed by atoms with Crippen molar-refractivity contribution in [3.8, 4) is 0 Å². The lowest BCUT2D eigenvalue weighted by Gasteiger charge is -2.26. The van der Waals surface area contributed by atoms with Gasteiger partial charge in [0.25, 0.3) is 0 Å². The molecule has 2 heteroatoms. The first-order chi connectivity index (χ1) is 6.38. The van der Waals surface area contributed by atoms with Crippen LogP contribution >= 0.6 is 0 Å². The number of hydrogen-bond donors (Lipinski definition) is 0. The van der Waals surface area contributed by atoms with Crippen LogP contribution in [0.25, 0.3) is 0 Å². The standard InChI is InChI=1S/C11H19NO/c1-2-3-4-7-10-8-5-6-9-11(10)12-13/h2,10-11H,1,3-9H2. The summed E-state index contributed by atoms with van der Waals surface area (Å²) < 4.78 is 0. The van der Waals surface area contributed by atoms with Gasteiger partial charge in [0, 0.05) is 0 Å². The van der Waals surface area contributed by atoms with E-state index in [1.807, 2.05) is 6.08 Å². The van der Waals surface area contributed by atoms with Crippen LogP contribution < -0.4 is 0 Å². The van der Waals surface area contributed by atoms with E-state index in [1.165, 1.54) is 25.7 Å². The normalized spacial score (nSPS) is 28.3. The average Bonchev–Trinajstić information content (AvgIpc) is 2.19. The van der Waals surface area contributed by atoms with Crippen molar-refractivity contribution in [2.45, 2.75) is 51.0 Å². The molecule has 1 aliphatic rings. The molecular weight excluding hydrogens is 162 g/mol. The number of unbranched alkanes of at least 4 members (excludes halogenated alkanes) is 1. The summed E-state index contributed by atoms with van der Waals surface area (Å²) in [5.41, 5.74) is 0. The molecule has 0 aliphatic heterocycles. The smallest absolute Gasteiger partial charge is 0.0947 e. The molecule has 0 spiro atoms. The highest BCUT2D eigenvalue weighted by atomic mass is 16.3. The molecule has 0 heterocycles. The zero-order valence-corrected chi connectivity index (χ0v) is 8.24. The summed E-state index contributed by atoms with van der Waals surface area (Å²) >= 11 is 0. The molecule has 0 aromatic rings. The summed E-state index contributed by atoms with van der Waals surface area (Å²) in [6.45, 7) is 3.70. The third-order valence-electron chi connectivity index (χ3n) is 2.99. The number of nitroso groups, excluding NO2 is 1. The van der Waals surface area contributed by atoms with Gasteiger partial charge in [0.1, 0.15) is 0 Å². The average molecular weight is 181 g/mol. The Morgan fingerprint density at radius 2 is 2.15 bits per heavy atom. The third-order valence-corrected chi connectivity index (χ3v) is 2.99. The molecular formula is C11H19NO. The van der Waals surface area contributed by atoms with E-state index >= 15 is 0 Å². The first kappa shape index (κ1) is 10.4. The van der Waals surface area contributed by atoms with Crippen LogP contribution in [-0.2, 0) is 0 Å². The van der Waals surface area contributed by atoms with Crippen LogP contribution in [0.4, 0.5) is 0 Å². The molecule has 13 heavy (non-hydrogen) atoms. The van der Waals surface area contributed by atoms with Gasteiger partial charge in [0.15, 0.2) is 0 Å². The molecule has 0 aromatic carbocycles. The number of nitrogens with zero attached hydrogens (tertiary/aromatic N) is 1. The van der Waals surface area contributed by atoms with Crippen molar-refractivity contribution in [1.82, 2.24) is 0 Å². The van der Waals surface area contributed by atoms with Crippen molar-refractivity contribution in [3.05, 3.63) is 17.6 Å². The lowest BCUT2D eigenvalue weighted by Crippen LogP contribution is -2.22. The predicted molar refractivity (Wildman–Crippen MR) is 55.6 cm³/mol. The van der Waals surface area contributed by atoms with Crippen LogP contribution in [0, 0.1) is 10.8 Å². The lowest BCUT2D eigenvalue weighted by molar-refractivity contribution is 0.287. The molecule has 1 fully saturated rings. The Morgan fingerprint density at radius 1 is 1.38 bits per heavy atom. The first-order valence-electron chi connectivity index (χ1n) is 5.32. The molecule has 2 atom stereocenters. The van der Waals surface area contributed by atoms with Gasteiger partial charge in [-0.1, -0.05) is 24.1 Å². The zero-order chi connectivity index (χ0) is 9.52. The minimum atomic E-state index is 0.110. The minimum absolute atomic E-state index is 0.110. The maximum absolute atomic E-state index is 10.5. The van der Waals surface area contributed by atoms with Crippen LogP contribution in [0.15, 0.2) is 17.8 Å². The van der Waals surface area contributed by atoms with Gasteiger partial charge in [-0.25, -0.2) is 0 Å². The van der Waals surface area contributed by atoms with Crippen LogP contribution in [-0.4, -0.2) is 6.04 Å². The molecule has 0 N–H and O–H groups in total. The van der Waals surface area contributed by atoms with Gasteiger partial charge in [-0.15, -0.1) is 6.58 Å². The highest BCUT2D eigenvalue weighted by molar-refractivity contribution is 4.81. The molecule has 2 unspecified atom stereocenters. The van der Waals surface area contributed by atoms with Crippen LogP contribution in [0.3, 0.4) is 0 Å². The van der Waals surface area contributed by atoms with Gasteiger partial charge in [0.2, 0.25) is 0 Å². The second-order valence-electron chi connectivity index (χ2n) is 3.94. The maximum atomic E-state index is 10.5. The molecule has 74 valence electrons. The van der Waals surface area contributed by atoms with E-state index in [-0.39, 0.29) is 6.04 Å². The predicted octanol–water partition coefficient (Wildman–Crippen LogP) is 3.67. The topological polar surface area (TPSA) is 29.4 Å². The summed E-state index contributed by atoms with van der Waals surface area (Å²) in [5, 5.41) is 3.23. The van der Waals surface area contributed by atoms with E-state index < -0.39 is 0 Å². The number of rotatable bonds is 5. The molecule has 1 rings (SSSR count). The van der Waals surface area contributed by atoms with E-state index in [1.54, 1.807) is 0 Å². The van der Waals surface area contributed by atoms with E-state index in [0.717, 1.165) is 19.3 Å². The number of hydrogen-bond acceptors (Lipinski definition) is 2. The molecule has 1 saturated carbocycles. The van der Waals surface area contributed by atoms with E-state index in [4.69, 9.17) is 0 Å². The van der Waals surface area contributed by atoms with Crippen LogP contribution in [0.2, 0.25) is 0 Å². The Morgan fingerprint density at radius 3 is 2.85 bits per heavy atom. The molecule has 1 aliphatic carbocycles. The largest absolute Gasteiger partial charge is 0.151 e. The van der Waals surface area contributed by atoms with Crippen molar-refractivity contribution in [2.24, 2.45) is 11.1 Å². The van der Waals surface area contributed by atoms with Crippen molar-refractivity contribution in [1.29, 1.82) is 0 Å². The molecule has 2 nitrogen and oxygen atoms in total. The second-order valence-corrected chi connectivity index (χ2v) is 3.94. The Kier molecular flexibility index (Phi) is 4.73. The highest BCUT2D eigenvalue weighted by Crippen LogP contribution is 2.30. The summed E-state index contributed by atoms with van der Waals surface area (Å²) in [7, 11) is 0. The molecule has 0 amide bonds. The van der Waals surface area contributed by atoms with Crippen molar-refractivity contribution >= 4 is 0 Å². The minimum Gasteiger partial charge on any atom is -0.151 e. The van der Waals surface area contributed by atoms with Crippen molar-refractivity contribution in [3.63, 3.8) is 0 Å². The summed E-state index contributed by atoms with van der Waals surface area (Å²) in [5.74, 6) is 0.561. The second kappa shape index (κ2) is 5.90. The summed E-state index contributed by atoms with van der Waals surface area (Å²) in [6, 6.07) is 0.110. The van der Waals surface area contributed by atoms with Gasteiger partial charge in [-0.05, 0) is 38.0 Å². The monoisotopic (exact) mass is 181 g/mol. The van der Waals surface area contributed by atoms with Gasteiger partial charge in [-0.3, -0.25) is 0 Å². The van der Waals surface area contributed by atoms with E-state index in [9.17, 15) is 4.91 Å². The SMILES string of the molecule is C=CCCCC1CCCCC1N=O. The molecule has 0 aromatic heterocycles. The van der Waals surface area contributed by atoms with Gasteiger partial charge in [-0.2, -0.15) is 4.91 Å². The van der Waals surface area contributed by atoms with E-state index in [2.05, 4.69) is 11.8 Å².